The summed E-state index contributed by atoms with van der Waals surface area (Å²) >= 11 is 0. The number of rotatable bonds is 2. The van der Waals surface area contributed by atoms with Gasteiger partial charge in [-0.25, -0.2) is 0 Å². The number of H-pyrrole nitrogens is 1. The number of nitrogens with one attached hydrogen (secondary N) is 1. The Labute approximate surface area is 105 Å². The maximum absolute atomic E-state index is 4.29. The Morgan fingerprint density at radius 1 is 0.889 bits per heavy atom. The summed E-state index contributed by atoms with van der Waals surface area (Å²) in [4.78, 5) is 3.18. The molecule has 0 amide bonds. The zero-order chi connectivity index (χ0) is 12.4. The van der Waals surface area contributed by atoms with Crippen LogP contribution in [-0.2, 0) is 0 Å². The molecule has 0 aliphatic rings. The SMILES string of the molecule is Cc1ccc(/N=N/c2c[nH]c3ccccc23)cc1. The van der Waals surface area contributed by atoms with Crippen molar-refractivity contribution >= 4 is 22.3 Å². The number of hydrogen-bond donors (Lipinski definition) is 1. The van der Waals surface area contributed by atoms with E-state index in [1.54, 1.807) is 0 Å². The van der Waals surface area contributed by atoms with Crippen LogP contribution in [0, 0.1) is 6.92 Å². The van der Waals surface area contributed by atoms with Crippen molar-refractivity contribution in [1.82, 2.24) is 4.98 Å². The van der Waals surface area contributed by atoms with Gasteiger partial charge < -0.3 is 4.98 Å². The zero-order valence-electron chi connectivity index (χ0n) is 10.1. The van der Waals surface area contributed by atoms with Crippen LogP contribution in [0.25, 0.3) is 10.9 Å². The summed E-state index contributed by atoms with van der Waals surface area (Å²) < 4.78 is 0. The number of hydrogen-bond acceptors (Lipinski definition) is 2. The molecular weight excluding hydrogens is 222 g/mol. The molecule has 0 radical (unpaired) electrons. The highest BCUT2D eigenvalue weighted by Gasteiger charge is 2.00. The number of fused-ring (bicyclic) bond motifs is 1. The third-order valence-electron chi connectivity index (χ3n) is 2.87. The molecule has 2 aromatic carbocycles. The fourth-order valence-electron chi connectivity index (χ4n) is 1.86. The second-order valence-corrected chi connectivity index (χ2v) is 4.26. The fraction of sp³-hybridized carbons (Fsp3) is 0.0667. The van der Waals surface area contributed by atoms with E-state index >= 15 is 0 Å². The van der Waals surface area contributed by atoms with Gasteiger partial charge in [-0.3, -0.25) is 0 Å². The van der Waals surface area contributed by atoms with E-state index in [9.17, 15) is 0 Å². The van der Waals surface area contributed by atoms with Gasteiger partial charge in [-0.2, -0.15) is 5.11 Å². The van der Waals surface area contributed by atoms with Gasteiger partial charge in [0.2, 0.25) is 0 Å². The first-order valence-corrected chi connectivity index (χ1v) is 5.87. The number of nitrogens with zero attached hydrogens (tertiary/aromatic N) is 2. The molecule has 0 aliphatic carbocycles. The van der Waals surface area contributed by atoms with E-state index in [0.29, 0.717) is 0 Å². The Bertz CT molecular complexity index is 693. The number of benzene rings is 2. The largest absolute Gasteiger partial charge is 0.359 e. The summed E-state index contributed by atoms with van der Waals surface area (Å²) in [6.45, 7) is 2.06. The van der Waals surface area contributed by atoms with Gasteiger partial charge in [-0.15, -0.1) is 5.11 Å². The minimum Gasteiger partial charge on any atom is -0.359 e. The molecule has 1 N–H and O–H groups in total. The van der Waals surface area contributed by atoms with Crippen LogP contribution in [0.5, 0.6) is 0 Å². The number of aromatic amines is 1. The highest BCUT2D eigenvalue weighted by Crippen LogP contribution is 2.27. The Balaban J connectivity index is 1.94. The van der Waals surface area contributed by atoms with E-state index in [1.165, 1.54) is 5.56 Å². The standard InChI is InChI=1S/C15H13N3/c1-11-6-8-12(9-7-11)17-18-15-10-16-14-5-3-2-4-13(14)15/h2-10,16H,1H3/b18-17+. The molecule has 0 unspecified atom stereocenters. The zero-order valence-corrected chi connectivity index (χ0v) is 10.1. The lowest BCUT2D eigenvalue weighted by Crippen LogP contribution is -1.68. The first kappa shape index (κ1) is 10.7. The van der Waals surface area contributed by atoms with Gasteiger partial charge in [0.1, 0.15) is 5.69 Å². The monoisotopic (exact) mass is 235 g/mol. The van der Waals surface area contributed by atoms with E-state index in [1.807, 2.05) is 54.7 Å². The lowest BCUT2D eigenvalue weighted by Gasteiger charge is -1.93. The van der Waals surface area contributed by atoms with Crippen molar-refractivity contribution in [2.45, 2.75) is 6.92 Å². The van der Waals surface area contributed by atoms with Crippen molar-refractivity contribution in [3.05, 3.63) is 60.3 Å². The van der Waals surface area contributed by atoms with Crippen LogP contribution >= 0.6 is 0 Å². The quantitative estimate of drug-likeness (QED) is 0.614. The molecule has 1 heterocycles. The predicted octanol–water partition coefficient (Wildman–Crippen LogP) is 4.89. The number of para-hydroxylation sites is 1. The maximum Gasteiger partial charge on any atom is 0.111 e. The third-order valence-corrected chi connectivity index (χ3v) is 2.87. The summed E-state index contributed by atoms with van der Waals surface area (Å²) in [7, 11) is 0. The van der Waals surface area contributed by atoms with Gasteiger partial charge in [-0.05, 0) is 25.1 Å². The molecule has 0 saturated heterocycles. The molecule has 1 aromatic heterocycles. The molecule has 3 nitrogen and oxygen atoms in total. The highest BCUT2D eigenvalue weighted by molar-refractivity contribution is 5.90. The molecule has 18 heavy (non-hydrogen) atoms. The molecule has 3 heteroatoms. The Morgan fingerprint density at radius 3 is 2.50 bits per heavy atom. The molecule has 0 bridgehead atoms. The highest BCUT2D eigenvalue weighted by atomic mass is 15.1. The minimum atomic E-state index is 0.867. The van der Waals surface area contributed by atoms with E-state index < -0.39 is 0 Å². The predicted molar refractivity (Wildman–Crippen MR) is 73.7 cm³/mol. The minimum absolute atomic E-state index is 0.867. The summed E-state index contributed by atoms with van der Waals surface area (Å²) in [6, 6.07) is 16.1. The van der Waals surface area contributed by atoms with Gasteiger partial charge in [0.25, 0.3) is 0 Å². The Morgan fingerprint density at radius 2 is 1.67 bits per heavy atom. The molecule has 3 aromatic rings. The lowest BCUT2D eigenvalue weighted by molar-refractivity contribution is 1.23. The second-order valence-electron chi connectivity index (χ2n) is 4.26. The van der Waals surface area contributed by atoms with Crippen LogP contribution < -0.4 is 0 Å². The van der Waals surface area contributed by atoms with Crippen LogP contribution in [0.1, 0.15) is 5.56 Å². The van der Waals surface area contributed by atoms with Gasteiger partial charge in [0, 0.05) is 17.1 Å². The summed E-state index contributed by atoms with van der Waals surface area (Å²) in [5.41, 5.74) is 4.04. The first-order chi connectivity index (χ1) is 8.83. The van der Waals surface area contributed by atoms with Crippen LogP contribution in [-0.4, -0.2) is 4.98 Å². The summed E-state index contributed by atoms with van der Waals surface area (Å²) in [5, 5.41) is 9.62. The van der Waals surface area contributed by atoms with Crippen LogP contribution in [0.4, 0.5) is 11.4 Å². The topological polar surface area (TPSA) is 40.5 Å². The van der Waals surface area contributed by atoms with Crippen LogP contribution in [0.2, 0.25) is 0 Å². The Hall–Kier alpha value is -2.42. The summed E-state index contributed by atoms with van der Waals surface area (Å²) in [6.07, 6.45) is 1.88. The molecule has 3 rings (SSSR count). The molecule has 0 fully saturated rings. The fourth-order valence-corrected chi connectivity index (χ4v) is 1.86. The average molecular weight is 235 g/mol. The molecule has 0 spiro atoms. The molecule has 88 valence electrons. The van der Waals surface area contributed by atoms with E-state index in [-0.39, 0.29) is 0 Å². The van der Waals surface area contributed by atoms with Crippen molar-refractivity contribution in [1.29, 1.82) is 0 Å². The van der Waals surface area contributed by atoms with Gasteiger partial charge in [-0.1, -0.05) is 35.9 Å². The normalized spacial score (nSPS) is 11.4. The third kappa shape index (κ3) is 2.02. The van der Waals surface area contributed by atoms with Gasteiger partial charge in [0.15, 0.2) is 0 Å². The number of aromatic nitrogens is 1. The maximum atomic E-state index is 4.29. The smallest absolute Gasteiger partial charge is 0.111 e. The summed E-state index contributed by atoms with van der Waals surface area (Å²) in [5.74, 6) is 0. The second kappa shape index (κ2) is 4.45. The van der Waals surface area contributed by atoms with Gasteiger partial charge >= 0.3 is 0 Å². The average Bonchev–Trinajstić information content (AvgIpc) is 2.82. The van der Waals surface area contributed by atoms with E-state index in [2.05, 4.69) is 22.1 Å². The number of azo groups is 1. The molecule has 0 saturated carbocycles. The van der Waals surface area contributed by atoms with E-state index in [0.717, 1.165) is 22.3 Å². The molecule has 0 atom stereocenters. The number of aryl methyl sites for hydroxylation is 1. The lowest BCUT2D eigenvalue weighted by atomic mass is 10.2. The molecule has 0 aliphatic heterocycles. The van der Waals surface area contributed by atoms with Gasteiger partial charge in [0.05, 0.1) is 5.69 Å². The Kier molecular flexibility index (Phi) is 2.65. The van der Waals surface area contributed by atoms with Crippen LogP contribution in [0.15, 0.2) is 65.0 Å². The van der Waals surface area contributed by atoms with Crippen molar-refractivity contribution in [3.8, 4) is 0 Å². The van der Waals surface area contributed by atoms with E-state index in [4.69, 9.17) is 0 Å². The molecular formula is C15H13N3. The van der Waals surface area contributed by atoms with Crippen molar-refractivity contribution < 1.29 is 0 Å². The first-order valence-electron chi connectivity index (χ1n) is 5.87. The van der Waals surface area contributed by atoms with Crippen molar-refractivity contribution in [2.24, 2.45) is 10.2 Å². The van der Waals surface area contributed by atoms with Crippen molar-refractivity contribution in [3.63, 3.8) is 0 Å². The van der Waals surface area contributed by atoms with Crippen molar-refractivity contribution in [2.75, 3.05) is 0 Å². The van der Waals surface area contributed by atoms with Crippen LogP contribution in [0.3, 0.4) is 0 Å².